The molecule has 122 valence electrons. The predicted octanol–water partition coefficient (Wildman–Crippen LogP) is 3.45. The second kappa shape index (κ2) is 8.11. The zero-order valence-corrected chi connectivity index (χ0v) is 15.4. The van der Waals surface area contributed by atoms with Crippen LogP contribution in [0, 0.1) is 0 Å². The Balaban J connectivity index is 2.65. The number of thiazole rings is 1. The molecule has 21 heavy (non-hydrogen) atoms. The van der Waals surface area contributed by atoms with E-state index in [0.717, 1.165) is 31.2 Å². The molecule has 0 radical (unpaired) electrons. The fourth-order valence-corrected chi connectivity index (χ4v) is 2.89. The van der Waals surface area contributed by atoms with E-state index in [-0.39, 0.29) is 11.6 Å². The molecule has 0 unspecified atom stereocenters. The first-order chi connectivity index (χ1) is 9.73. The van der Waals surface area contributed by atoms with Crippen LogP contribution in [0.4, 0.5) is 5.13 Å². The fourth-order valence-electron chi connectivity index (χ4n) is 1.81. The van der Waals surface area contributed by atoms with Gasteiger partial charge in [-0.3, -0.25) is 0 Å². The zero-order chi connectivity index (χ0) is 16.0. The average molecular weight is 314 g/mol. The number of aryl methyl sites for hydroxylation is 1. The van der Waals surface area contributed by atoms with Gasteiger partial charge in [0, 0.05) is 30.6 Å². The molecule has 0 aromatic carbocycles. The lowest BCUT2D eigenvalue weighted by Gasteiger charge is -2.20. The van der Waals surface area contributed by atoms with Crippen molar-refractivity contribution in [1.82, 2.24) is 10.3 Å². The number of nitrogens with zero attached hydrogens (tertiary/aromatic N) is 2. The van der Waals surface area contributed by atoms with Gasteiger partial charge < -0.3 is 15.0 Å². The van der Waals surface area contributed by atoms with Crippen molar-refractivity contribution in [3.8, 4) is 0 Å². The van der Waals surface area contributed by atoms with Gasteiger partial charge in [-0.05, 0) is 41.0 Å². The lowest BCUT2D eigenvalue weighted by Crippen LogP contribution is -2.35. The minimum atomic E-state index is 0.131. The highest BCUT2D eigenvalue weighted by Gasteiger charge is 2.15. The molecule has 0 fully saturated rings. The summed E-state index contributed by atoms with van der Waals surface area (Å²) >= 11 is 1.79. The van der Waals surface area contributed by atoms with Gasteiger partial charge in [0.1, 0.15) is 0 Å². The van der Waals surface area contributed by atoms with E-state index in [0.29, 0.717) is 0 Å². The van der Waals surface area contributed by atoms with Crippen LogP contribution < -0.4 is 10.2 Å². The first-order valence-corrected chi connectivity index (χ1v) is 8.61. The molecule has 1 heterocycles. The topological polar surface area (TPSA) is 37.4 Å². The van der Waals surface area contributed by atoms with Crippen molar-refractivity contribution in [3.05, 3.63) is 10.6 Å². The van der Waals surface area contributed by atoms with Crippen molar-refractivity contribution < 1.29 is 4.74 Å². The Morgan fingerprint density at radius 3 is 2.52 bits per heavy atom. The number of hydrogen-bond donors (Lipinski definition) is 1. The van der Waals surface area contributed by atoms with Crippen molar-refractivity contribution in [2.45, 2.75) is 66.2 Å². The average Bonchev–Trinajstić information content (AvgIpc) is 2.78. The van der Waals surface area contributed by atoms with Crippen LogP contribution >= 0.6 is 11.3 Å². The van der Waals surface area contributed by atoms with Gasteiger partial charge in [-0.15, -0.1) is 11.3 Å². The maximum atomic E-state index is 5.61. The third-order valence-corrected chi connectivity index (χ3v) is 4.30. The first kappa shape index (κ1) is 18.4. The second-order valence-corrected chi connectivity index (χ2v) is 7.73. The maximum absolute atomic E-state index is 5.61. The molecule has 0 atom stereocenters. The van der Waals surface area contributed by atoms with E-state index in [9.17, 15) is 0 Å². The van der Waals surface area contributed by atoms with Gasteiger partial charge in [0.25, 0.3) is 0 Å². The molecule has 1 rings (SSSR count). The molecule has 1 N–H and O–H groups in total. The van der Waals surface area contributed by atoms with Gasteiger partial charge in [-0.25, -0.2) is 4.98 Å². The van der Waals surface area contributed by atoms with E-state index in [1.807, 2.05) is 0 Å². The summed E-state index contributed by atoms with van der Waals surface area (Å²) < 4.78 is 5.61. The van der Waals surface area contributed by atoms with E-state index in [1.165, 1.54) is 10.6 Å². The van der Waals surface area contributed by atoms with Crippen molar-refractivity contribution in [2.24, 2.45) is 0 Å². The SMILES string of the molecule is CCc1nc(N(C)CCOC(C)C)sc1CNC(C)(C)C. The summed E-state index contributed by atoms with van der Waals surface area (Å²) in [5.41, 5.74) is 1.34. The maximum Gasteiger partial charge on any atom is 0.185 e. The first-order valence-electron chi connectivity index (χ1n) is 7.79. The van der Waals surface area contributed by atoms with Crippen LogP contribution in [0.1, 0.15) is 52.1 Å². The Kier molecular flexibility index (Phi) is 7.10. The molecule has 4 nitrogen and oxygen atoms in total. The van der Waals surface area contributed by atoms with Crippen LogP contribution in [0.5, 0.6) is 0 Å². The second-order valence-electron chi connectivity index (χ2n) is 6.66. The Morgan fingerprint density at radius 1 is 1.33 bits per heavy atom. The number of anilines is 1. The molecular weight excluding hydrogens is 282 g/mol. The number of likely N-dealkylation sites (N-methyl/N-ethyl adjacent to an activating group) is 1. The lowest BCUT2D eigenvalue weighted by atomic mass is 10.1. The van der Waals surface area contributed by atoms with Crippen LogP contribution in [0.25, 0.3) is 0 Å². The Hall–Kier alpha value is -0.650. The zero-order valence-electron chi connectivity index (χ0n) is 14.6. The molecule has 0 aliphatic rings. The molecule has 0 spiro atoms. The highest BCUT2D eigenvalue weighted by atomic mass is 32.1. The van der Waals surface area contributed by atoms with Crippen LogP contribution in [-0.2, 0) is 17.7 Å². The van der Waals surface area contributed by atoms with Crippen LogP contribution in [0.15, 0.2) is 0 Å². The van der Waals surface area contributed by atoms with Crippen LogP contribution in [0.3, 0.4) is 0 Å². The molecule has 0 saturated carbocycles. The van der Waals surface area contributed by atoms with E-state index in [2.05, 4.69) is 58.8 Å². The Morgan fingerprint density at radius 2 is 2.00 bits per heavy atom. The molecule has 1 aromatic rings. The minimum absolute atomic E-state index is 0.131. The largest absolute Gasteiger partial charge is 0.377 e. The molecule has 5 heteroatoms. The van der Waals surface area contributed by atoms with Gasteiger partial charge in [0.2, 0.25) is 0 Å². The van der Waals surface area contributed by atoms with Gasteiger partial charge >= 0.3 is 0 Å². The molecule has 0 bridgehead atoms. The fraction of sp³-hybridized carbons (Fsp3) is 0.812. The Bertz CT molecular complexity index is 424. The van der Waals surface area contributed by atoms with Crippen molar-refractivity contribution in [3.63, 3.8) is 0 Å². The van der Waals surface area contributed by atoms with E-state index in [4.69, 9.17) is 9.72 Å². The molecule has 0 aliphatic heterocycles. The number of hydrogen-bond acceptors (Lipinski definition) is 5. The van der Waals surface area contributed by atoms with Gasteiger partial charge in [0.15, 0.2) is 5.13 Å². The monoisotopic (exact) mass is 313 g/mol. The number of ether oxygens (including phenoxy) is 1. The van der Waals surface area contributed by atoms with Gasteiger partial charge in [-0.2, -0.15) is 0 Å². The number of aromatic nitrogens is 1. The number of nitrogens with one attached hydrogen (secondary N) is 1. The normalized spacial score (nSPS) is 12.2. The summed E-state index contributed by atoms with van der Waals surface area (Å²) in [6.45, 7) is 15.4. The van der Waals surface area contributed by atoms with E-state index >= 15 is 0 Å². The quantitative estimate of drug-likeness (QED) is 0.797. The minimum Gasteiger partial charge on any atom is -0.377 e. The smallest absolute Gasteiger partial charge is 0.185 e. The van der Waals surface area contributed by atoms with Crippen molar-refractivity contribution in [2.75, 3.05) is 25.1 Å². The van der Waals surface area contributed by atoms with E-state index in [1.54, 1.807) is 11.3 Å². The summed E-state index contributed by atoms with van der Waals surface area (Å²) in [5, 5.41) is 4.64. The Labute approximate surface area is 133 Å². The summed E-state index contributed by atoms with van der Waals surface area (Å²) in [4.78, 5) is 8.31. The molecule has 0 saturated heterocycles. The van der Waals surface area contributed by atoms with Gasteiger partial charge in [-0.1, -0.05) is 6.92 Å². The van der Waals surface area contributed by atoms with Crippen LogP contribution in [0.2, 0.25) is 0 Å². The standard InChI is InChI=1S/C16H31N3OS/c1-8-13-14(11-17-16(4,5)6)21-15(18-13)19(7)9-10-20-12(2)3/h12,17H,8-11H2,1-7H3. The summed E-state index contributed by atoms with van der Waals surface area (Å²) in [7, 11) is 2.09. The van der Waals surface area contributed by atoms with Crippen molar-refractivity contribution >= 4 is 16.5 Å². The van der Waals surface area contributed by atoms with Crippen molar-refractivity contribution in [1.29, 1.82) is 0 Å². The highest BCUT2D eigenvalue weighted by Crippen LogP contribution is 2.26. The third kappa shape index (κ3) is 6.76. The number of rotatable bonds is 8. The summed E-state index contributed by atoms with van der Waals surface area (Å²) in [6, 6.07) is 0. The molecule has 0 amide bonds. The lowest BCUT2D eigenvalue weighted by molar-refractivity contribution is 0.0846. The highest BCUT2D eigenvalue weighted by molar-refractivity contribution is 7.15. The summed E-state index contributed by atoms with van der Waals surface area (Å²) in [5.74, 6) is 0. The van der Waals surface area contributed by atoms with E-state index < -0.39 is 0 Å². The molecule has 0 aliphatic carbocycles. The third-order valence-electron chi connectivity index (χ3n) is 3.09. The molecule has 1 aromatic heterocycles. The predicted molar refractivity (Wildman–Crippen MR) is 92.4 cm³/mol. The summed E-state index contributed by atoms with van der Waals surface area (Å²) in [6.07, 6.45) is 1.26. The van der Waals surface area contributed by atoms with Gasteiger partial charge in [0.05, 0.1) is 18.4 Å². The van der Waals surface area contributed by atoms with Crippen LogP contribution in [-0.4, -0.2) is 36.8 Å². The molecular formula is C16H31N3OS.